The van der Waals surface area contributed by atoms with Gasteiger partial charge in [-0.3, -0.25) is 9.59 Å². The maximum Gasteiger partial charge on any atom is 0.221 e. The van der Waals surface area contributed by atoms with E-state index in [2.05, 4.69) is 5.32 Å². The molecule has 0 radical (unpaired) electrons. The Kier molecular flexibility index (Phi) is 6.23. The Morgan fingerprint density at radius 1 is 1.32 bits per heavy atom. The molecule has 1 aromatic rings. The average Bonchev–Trinajstić information content (AvgIpc) is 2.45. The molecule has 0 spiro atoms. The van der Waals surface area contributed by atoms with Gasteiger partial charge >= 0.3 is 0 Å². The van der Waals surface area contributed by atoms with E-state index in [1.54, 1.807) is 13.0 Å². The van der Waals surface area contributed by atoms with Gasteiger partial charge < -0.3 is 11.1 Å². The second kappa shape index (κ2) is 7.49. The molecule has 5 heteroatoms. The third-order valence-corrected chi connectivity index (χ3v) is 4.17. The largest absolute Gasteiger partial charge is 0.349 e. The van der Waals surface area contributed by atoms with E-state index in [1.807, 2.05) is 20.8 Å². The van der Waals surface area contributed by atoms with Gasteiger partial charge in [0.2, 0.25) is 5.91 Å². The molecule has 1 rings (SSSR count). The van der Waals surface area contributed by atoms with Gasteiger partial charge in [0.1, 0.15) is 5.82 Å². The predicted octanol–water partition coefficient (Wildman–Crippen LogP) is 2.52. The van der Waals surface area contributed by atoms with Gasteiger partial charge in [0, 0.05) is 24.4 Å². The maximum atomic E-state index is 13.2. The van der Waals surface area contributed by atoms with E-state index in [0.29, 0.717) is 6.54 Å². The molecule has 0 saturated heterocycles. The number of hydrogen-bond donors (Lipinski definition) is 2. The first-order chi connectivity index (χ1) is 10.2. The van der Waals surface area contributed by atoms with E-state index >= 15 is 0 Å². The molecule has 0 saturated carbocycles. The Labute approximate surface area is 131 Å². The van der Waals surface area contributed by atoms with Crippen molar-refractivity contribution in [1.29, 1.82) is 0 Å². The van der Waals surface area contributed by atoms with E-state index < -0.39 is 17.3 Å². The fourth-order valence-electron chi connectivity index (χ4n) is 2.10. The molecule has 0 aliphatic carbocycles. The number of carbonyl (C=O) groups excluding carboxylic acids is 2. The number of carbonyl (C=O) groups is 2. The lowest BCUT2D eigenvalue weighted by Crippen LogP contribution is -2.55. The number of hydrogen-bond acceptors (Lipinski definition) is 3. The van der Waals surface area contributed by atoms with Crippen molar-refractivity contribution in [2.24, 2.45) is 17.6 Å². The Morgan fingerprint density at radius 2 is 1.95 bits per heavy atom. The zero-order valence-corrected chi connectivity index (χ0v) is 13.7. The molecule has 22 heavy (non-hydrogen) atoms. The minimum Gasteiger partial charge on any atom is -0.349 e. The molecule has 4 nitrogen and oxygen atoms in total. The monoisotopic (exact) mass is 308 g/mol. The van der Waals surface area contributed by atoms with Crippen LogP contribution < -0.4 is 11.1 Å². The molecule has 1 aromatic carbocycles. The zero-order valence-electron chi connectivity index (χ0n) is 13.7. The van der Waals surface area contributed by atoms with Gasteiger partial charge in [0.05, 0.1) is 5.54 Å². The smallest absolute Gasteiger partial charge is 0.221 e. The van der Waals surface area contributed by atoms with Crippen molar-refractivity contribution in [2.45, 2.75) is 39.7 Å². The minimum atomic E-state index is -0.518. The van der Waals surface area contributed by atoms with E-state index in [0.717, 1.165) is 0 Å². The van der Waals surface area contributed by atoms with Crippen LogP contribution in [0.1, 0.15) is 44.5 Å². The molecule has 0 fully saturated rings. The van der Waals surface area contributed by atoms with Crippen LogP contribution in [0, 0.1) is 17.7 Å². The number of amides is 1. The SMILES string of the molecule is CC(CC(=O)NC(C)(CN)C(C)C)C(=O)c1cccc(F)c1. The number of nitrogens with one attached hydrogen (secondary N) is 1. The van der Waals surface area contributed by atoms with Crippen molar-refractivity contribution in [3.8, 4) is 0 Å². The van der Waals surface area contributed by atoms with E-state index in [4.69, 9.17) is 5.73 Å². The second-order valence-electron chi connectivity index (χ2n) is 6.30. The quantitative estimate of drug-likeness (QED) is 0.760. The highest BCUT2D eigenvalue weighted by atomic mass is 19.1. The van der Waals surface area contributed by atoms with E-state index in [-0.39, 0.29) is 29.6 Å². The van der Waals surface area contributed by atoms with E-state index in [9.17, 15) is 14.0 Å². The molecule has 3 N–H and O–H groups in total. The summed E-state index contributed by atoms with van der Waals surface area (Å²) in [6.07, 6.45) is 0.0532. The summed E-state index contributed by atoms with van der Waals surface area (Å²) >= 11 is 0. The molecule has 0 aliphatic heterocycles. The van der Waals surface area contributed by atoms with Crippen molar-refractivity contribution in [3.05, 3.63) is 35.6 Å². The van der Waals surface area contributed by atoms with Crippen LogP contribution in [0.15, 0.2) is 24.3 Å². The van der Waals surface area contributed by atoms with Gasteiger partial charge in [0.15, 0.2) is 5.78 Å². The third kappa shape index (κ3) is 4.63. The van der Waals surface area contributed by atoms with Crippen molar-refractivity contribution in [2.75, 3.05) is 6.54 Å². The van der Waals surface area contributed by atoms with Gasteiger partial charge in [-0.2, -0.15) is 0 Å². The molecule has 0 heterocycles. The predicted molar refractivity (Wildman–Crippen MR) is 85.0 cm³/mol. The zero-order chi connectivity index (χ0) is 16.9. The number of rotatable bonds is 7. The molecular formula is C17H25FN2O2. The van der Waals surface area contributed by atoms with Crippen LogP contribution in [0.5, 0.6) is 0 Å². The molecule has 2 atom stereocenters. The summed E-state index contributed by atoms with van der Waals surface area (Å²) in [4.78, 5) is 24.4. The Hall–Kier alpha value is -1.75. The van der Waals surface area contributed by atoms with Crippen LogP contribution >= 0.6 is 0 Å². The first-order valence-electron chi connectivity index (χ1n) is 7.50. The van der Waals surface area contributed by atoms with Crippen molar-refractivity contribution in [3.63, 3.8) is 0 Å². The van der Waals surface area contributed by atoms with Gasteiger partial charge in [-0.25, -0.2) is 4.39 Å². The van der Waals surface area contributed by atoms with Crippen molar-refractivity contribution >= 4 is 11.7 Å². The summed E-state index contributed by atoms with van der Waals surface area (Å²) in [7, 11) is 0. The molecule has 0 aliphatic rings. The minimum absolute atomic E-state index is 0.0532. The summed E-state index contributed by atoms with van der Waals surface area (Å²) in [5.74, 6) is -1.27. The Bertz CT molecular complexity index is 545. The second-order valence-corrected chi connectivity index (χ2v) is 6.30. The molecular weight excluding hydrogens is 283 g/mol. The average molecular weight is 308 g/mol. The van der Waals surface area contributed by atoms with Gasteiger partial charge in [-0.05, 0) is 25.0 Å². The molecule has 0 bridgehead atoms. The number of benzene rings is 1. The molecule has 0 aromatic heterocycles. The lowest BCUT2D eigenvalue weighted by Gasteiger charge is -2.33. The molecule has 122 valence electrons. The number of halogens is 1. The van der Waals surface area contributed by atoms with Crippen molar-refractivity contribution < 1.29 is 14.0 Å². The van der Waals surface area contributed by atoms with Gasteiger partial charge in [0.25, 0.3) is 0 Å². The Balaban J connectivity index is 2.70. The molecule has 2 unspecified atom stereocenters. The number of ketones is 1. The summed E-state index contributed by atoms with van der Waals surface area (Å²) < 4.78 is 13.2. The van der Waals surface area contributed by atoms with Gasteiger partial charge in [-0.1, -0.05) is 32.9 Å². The topological polar surface area (TPSA) is 72.2 Å². The van der Waals surface area contributed by atoms with Crippen LogP contribution in [0.2, 0.25) is 0 Å². The molecule has 1 amide bonds. The van der Waals surface area contributed by atoms with Gasteiger partial charge in [-0.15, -0.1) is 0 Å². The lowest BCUT2D eigenvalue weighted by atomic mass is 9.87. The third-order valence-electron chi connectivity index (χ3n) is 4.17. The summed E-state index contributed by atoms with van der Waals surface area (Å²) in [5.41, 5.74) is 5.51. The first-order valence-corrected chi connectivity index (χ1v) is 7.50. The number of nitrogens with two attached hydrogens (primary N) is 1. The number of Topliss-reactive ketones (excluding diaryl/α,β-unsaturated/α-hetero) is 1. The van der Waals surface area contributed by atoms with E-state index in [1.165, 1.54) is 18.2 Å². The summed E-state index contributed by atoms with van der Waals surface area (Å²) in [6, 6.07) is 5.51. The fourth-order valence-corrected chi connectivity index (χ4v) is 2.10. The van der Waals surface area contributed by atoms with Crippen LogP contribution in [-0.2, 0) is 4.79 Å². The Morgan fingerprint density at radius 3 is 2.45 bits per heavy atom. The summed E-state index contributed by atoms with van der Waals surface area (Å²) in [6.45, 7) is 7.84. The van der Waals surface area contributed by atoms with Crippen LogP contribution in [0.4, 0.5) is 4.39 Å². The van der Waals surface area contributed by atoms with Crippen LogP contribution in [0.3, 0.4) is 0 Å². The highest BCUT2D eigenvalue weighted by Crippen LogP contribution is 2.17. The highest BCUT2D eigenvalue weighted by Gasteiger charge is 2.29. The lowest BCUT2D eigenvalue weighted by molar-refractivity contribution is -0.123. The standard InChI is InChI=1S/C17H25FN2O2/c1-11(2)17(4,10-19)20-15(21)8-12(3)16(22)13-6-5-7-14(18)9-13/h5-7,9,11-12H,8,10,19H2,1-4H3,(H,20,21). The first kappa shape index (κ1) is 18.3. The van der Waals surface area contributed by atoms with Crippen molar-refractivity contribution in [1.82, 2.24) is 5.32 Å². The maximum absolute atomic E-state index is 13.2. The van der Waals surface area contributed by atoms with Crippen LogP contribution in [0.25, 0.3) is 0 Å². The highest BCUT2D eigenvalue weighted by molar-refractivity contribution is 5.99. The normalized spacial score (nSPS) is 15.2. The van der Waals surface area contributed by atoms with Crippen LogP contribution in [-0.4, -0.2) is 23.8 Å². The fraction of sp³-hybridized carbons (Fsp3) is 0.529. The summed E-state index contributed by atoms with van der Waals surface area (Å²) in [5, 5.41) is 2.90.